The van der Waals surface area contributed by atoms with Crippen LogP contribution in [0.3, 0.4) is 0 Å². The topological polar surface area (TPSA) is 0 Å². The summed E-state index contributed by atoms with van der Waals surface area (Å²) >= 11 is 7.11. The van der Waals surface area contributed by atoms with Crippen molar-refractivity contribution in [1.29, 1.82) is 0 Å². The first-order chi connectivity index (χ1) is 9.35. The summed E-state index contributed by atoms with van der Waals surface area (Å²) in [5.41, 5.74) is 4.02. The predicted molar refractivity (Wildman–Crippen MR) is 91.4 cm³/mol. The zero-order valence-electron chi connectivity index (χ0n) is 10.9. The lowest BCUT2D eigenvalue weighted by Gasteiger charge is -2.15. The van der Waals surface area contributed by atoms with Crippen LogP contribution in [0.5, 0.6) is 0 Å². The van der Waals surface area contributed by atoms with Gasteiger partial charge in [0, 0.05) is 10.7 Å². The van der Waals surface area contributed by atoms with E-state index in [0.717, 1.165) is 10.7 Å². The molecule has 0 aliphatic rings. The molecular formula is C17H18Br2. The Labute approximate surface area is 132 Å². The third-order valence-electron chi connectivity index (χ3n) is 3.40. The van der Waals surface area contributed by atoms with Crippen molar-refractivity contribution < 1.29 is 0 Å². The number of alkyl halides is 2. The highest BCUT2D eigenvalue weighted by Crippen LogP contribution is 2.27. The van der Waals surface area contributed by atoms with Crippen molar-refractivity contribution in [3.8, 4) is 11.1 Å². The van der Waals surface area contributed by atoms with Gasteiger partial charge in [-0.2, -0.15) is 0 Å². The lowest BCUT2D eigenvalue weighted by Crippen LogP contribution is -2.00. The first-order valence-corrected chi connectivity index (χ1v) is 8.86. The van der Waals surface area contributed by atoms with Gasteiger partial charge in [-0.25, -0.2) is 0 Å². The summed E-state index contributed by atoms with van der Waals surface area (Å²) in [6.45, 7) is 0. The number of halogens is 2. The van der Waals surface area contributed by atoms with Crippen molar-refractivity contribution in [2.45, 2.75) is 18.8 Å². The highest BCUT2D eigenvalue weighted by atomic mass is 79.9. The zero-order chi connectivity index (χ0) is 13.5. The summed E-state index contributed by atoms with van der Waals surface area (Å²) < 4.78 is 0. The molecule has 0 atom stereocenters. The molecule has 0 radical (unpaired) electrons. The lowest BCUT2D eigenvalue weighted by molar-refractivity contribution is 0.657. The fourth-order valence-corrected chi connectivity index (χ4v) is 3.42. The molecule has 0 amide bonds. The molecule has 2 rings (SSSR count). The maximum Gasteiger partial charge on any atom is 0.00371 e. The summed E-state index contributed by atoms with van der Waals surface area (Å²) in [5.74, 6) is 0.642. The molecule has 0 N–H and O–H groups in total. The Bertz CT molecular complexity index is 470. The van der Waals surface area contributed by atoms with E-state index in [0.29, 0.717) is 5.92 Å². The standard InChI is InChI=1S/C17H18Br2/c18-12-10-17(11-13-19)16-8-6-15(7-9-16)14-4-2-1-3-5-14/h1-9,17H,10-13H2. The molecule has 0 saturated carbocycles. The van der Waals surface area contributed by atoms with Crippen LogP contribution in [-0.4, -0.2) is 10.7 Å². The van der Waals surface area contributed by atoms with E-state index < -0.39 is 0 Å². The van der Waals surface area contributed by atoms with Gasteiger partial charge in [0.25, 0.3) is 0 Å². The molecule has 0 unspecified atom stereocenters. The average Bonchev–Trinajstić information content (AvgIpc) is 2.48. The van der Waals surface area contributed by atoms with Crippen LogP contribution in [0.25, 0.3) is 11.1 Å². The molecule has 0 aliphatic carbocycles. The molecule has 0 aromatic heterocycles. The van der Waals surface area contributed by atoms with Crippen molar-refractivity contribution in [2.75, 3.05) is 10.7 Å². The van der Waals surface area contributed by atoms with E-state index in [1.54, 1.807) is 0 Å². The molecule has 0 saturated heterocycles. The van der Waals surface area contributed by atoms with Crippen molar-refractivity contribution in [3.05, 3.63) is 60.2 Å². The number of benzene rings is 2. The minimum atomic E-state index is 0.642. The van der Waals surface area contributed by atoms with E-state index in [1.165, 1.54) is 29.5 Å². The fourth-order valence-electron chi connectivity index (χ4n) is 2.32. The van der Waals surface area contributed by atoms with E-state index in [1.807, 2.05) is 0 Å². The quantitative estimate of drug-likeness (QED) is 0.537. The number of rotatable bonds is 6. The fraction of sp³-hybridized carbons (Fsp3) is 0.294. The van der Waals surface area contributed by atoms with Gasteiger partial charge in [-0.1, -0.05) is 86.5 Å². The molecule has 0 nitrogen and oxygen atoms in total. The highest BCUT2D eigenvalue weighted by molar-refractivity contribution is 9.09. The van der Waals surface area contributed by atoms with Crippen LogP contribution in [0.15, 0.2) is 54.6 Å². The summed E-state index contributed by atoms with van der Waals surface area (Å²) in [6, 6.07) is 19.6. The molecule has 2 heteroatoms. The van der Waals surface area contributed by atoms with Crippen molar-refractivity contribution >= 4 is 31.9 Å². The zero-order valence-corrected chi connectivity index (χ0v) is 14.0. The molecular weight excluding hydrogens is 364 g/mol. The summed E-state index contributed by atoms with van der Waals surface area (Å²) in [4.78, 5) is 0. The molecule has 2 aromatic carbocycles. The van der Waals surface area contributed by atoms with E-state index in [-0.39, 0.29) is 0 Å². The number of hydrogen-bond acceptors (Lipinski definition) is 0. The summed E-state index contributed by atoms with van der Waals surface area (Å²) in [6.07, 6.45) is 2.38. The van der Waals surface area contributed by atoms with Gasteiger partial charge < -0.3 is 0 Å². The molecule has 0 fully saturated rings. The van der Waals surface area contributed by atoms with Gasteiger partial charge in [0.2, 0.25) is 0 Å². The predicted octanol–water partition coefficient (Wildman–Crippen LogP) is 6.01. The van der Waals surface area contributed by atoms with Gasteiger partial charge in [-0.3, -0.25) is 0 Å². The normalized spacial score (nSPS) is 10.9. The van der Waals surface area contributed by atoms with Gasteiger partial charge in [-0.05, 0) is 35.4 Å². The molecule has 0 heterocycles. The van der Waals surface area contributed by atoms with Gasteiger partial charge in [0.15, 0.2) is 0 Å². The van der Waals surface area contributed by atoms with Crippen LogP contribution in [0.4, 0.5) is 0 Å². The van der Waals surface area contributed by atoms with Crippen LogP contribution in [0.2, 0.25) is 0 Å². The summed E-state index contributed by atoms with van der Waals surface area (Å²) in [5, 5.41) is 2.12. The average molecular weight is 382 g/mol. The van der Waals surface area contributed by atoms with Crippen molar-refractivity contribution in [2.24, 2.45) is 0 Å². The Morgan fingerprint density at radius 2 is 1.21 bits per heavy atom. The third kappa shape index (κ3) is 4.19. The number of hydrogen-bond donors (Lipinski definition) is 0. The monoisotopic (exact) mass is 380 g/mol. The van der Waals surface area contributed by atoms with E-state index >= 15 is 0 Å². The largest absolute Gasteiger partial charge is 0.0928 e. The van der Waals surface area contributed by atoms with E-state index in [4.69, 9.17) is 0 Å². The van der Waals surface area contributed by atoms with Gasteiger partial charge >= 0.3 is 0 Å². The Balaban J connectivity index is 2.17. The Hall–Kier alpha value is -0.600. The molecule has 0 aliphatic heterocycles. The maximum absolute atomic E-state index is 3.55. The van der Waals surface area contributed by atoms with E-state index in [9.17, 15) is 0 Å². The van der Waals surface area contributed by atoms with Gasteiger partial charge in [0.05, 0.1) is 0 Å². The van der Waals surface area contributed by atoms with Crippen LogP contribution in [-0.2, 0) is 0 Å². The van der Waals surface area contributed by atoms with Crippen LogP contribution in [0, 0.1) is 0 Å². The molecule has 19 heavy (non-hydrogen) atoms. The maximum atomic E-state index is 3.55. The molecule has 0 spiro atoms. The first-order valence-electron chi connectivity index (χ1n) is 6.62. The van der Waals surface area contributed by atoms with Gasteiger partial charge in [0.1, 0.15) is 0 Å². The van der Waals surface area contributed by atoms with Crippen molar-refractivity contribution in [3.63, 3.8) is 0 Å². The third-order valence-corrected chi connectivity index (χ3v) is 4.32. The lowest BCUT2D eigenvalue weighted by atomic mass is 9.92. The Kier molecular flexibility index (Phi) is 6.12. The Morgan fingerprint density at radius 3 is 1.74 bits per heavy atom. The van der Waals surface area contributed by atoms with Gasteiger partial charge in [-0.15, -0.1) is 0 Å². The highest BCUT2D eigenvalue weighted by Gasteiger charge is 2.10. The molecule has 100 valence electrons. The molecule has 2 aromatic rings. The second kappa shape index (κ2) is 7.86. The molecule has 0 bridgehead atoms. The smallest absolute Gasteiger partial charge is 0.00371 e. The van der Waals surface area contributed by atoms with E-state index in [2.05, 4.69) is 86.5 Å². The van der Waals surface area contributed by atoms with Crippen LogP contribution in [0.1, 0.15) is 24.3 Å². The minimum Gasteiger partial charge on any atom is -0.0928 e. The Morgan fingerprint density at radius 1 is 0.684 bits per heavy atom. The SMILES string of the molecule is BrCCC(CCBr)c1ccc(-c2ccccc2)cc1. The minimum absolute atomic E-state index is 0.642. The second-order valence-corrected chi connectivity index (χ2v) is 6.23. The summed E-state index contributed by atoms with van der Waals surface area (Å²) in [7, 11) is 0. The second-order valence-electron chi connectivity index (χ2n) is 4.64. The van der Waals surface area contributed by atoms with Crippen LogP contribution >= 0.6 is 31.9 Å². The van der Waals surface area contributed by atoms with Crippen LogP contribution < -0.4 is 0 Å². The first kappa shape index (κ1) is 14.8. The van der Waals surface area contributed by atoms with Crippen molar-refractivity contribution in [1.82, 2.24) is 0 Å².